The standard InChI is InChI=1S/C8H11N.C2H6/c1-7-5-3-4-6-8(7)9-2;1-2/h3-6,9H,1-2H3;1-2H3. The minimum Gasteiger partial charge on any atom is -0.388 e. The number of nitrogens with one attached hydrogen (secondary N) is 1. The quantitative estimate of drug-likeness (QED) is 0.650. The summed E-state index contributed by atoms with van der Waals surface area (Å²) in [6, 6.07) is 8.22. The summed E-state index contributed by atoms with van der Waals surface area (Å²) in [4.78, 5) is 0. The van der Waals surface area contributed by atoms with E-state index in [1.807, 2.05) is 33.0 Å². The summed E-state index contributed by atoms with van der Waals surface area (Å²) in [7, 11) is 1.93. The maximum Gasteiger partial charge on any atom is 0.0367 e. The predicted molar refractivity (Wildman–Crippen MR) is 52.1 cm³/mol. The Kier molecular flexibility index (Phi) is 5.26. The van der Waals surface area contributed by atoms with Gasteiger partial charge in [-0.25, -0.2) is 0 Å². The summed E-state index contributed by atoms with van der Waals surface area (Å²) in [5, 5.41) is 3.10. The molecular weight excluding hydrogens is 134 g/mol. The molecule has 0 amide bonds. The summed E-state index contributed by atoms with van der Waals surface area (Å²) < 4.78 is 0. The third-order valence-electron chi connectivity index (χ3n) is 1.41. The smallest absolute Gasteiger partial charge is 0.0367 e. The molecule has 1 rings (SSSR count). The van der Waals surface area contributed by atoms with Crippen molar-refractivity contribution in [2.75, 3.05) is 12.4 Å². The van der Waals surface area contributed by atoms with Gasteiger partial charge in [-0.05, 0) is 18.6 Å². The van der Waals surface area contributed by atoms with E-state index in [2.05, 4.69) is 24.4 Å². The molecule has 1 aromatic carbocycles. The average molecular weight is 151 g/mol. The third kappa shape index (κ3) is 3.08. The van der Waals surface area contributed by atoms with Crippen molar-refractivity contribution in [2.24, 2.45) is 0 Å². The van der Waals surface area contributed by atoms with Crippen LogP contribution in [0.15, 0.2) is 24.3 Å². The van der Waals surface area contributed by atoms with E-state index < -0.39 is 0 Å². The normalized spacial score (nSPS) is 8.00. The monoisotopic (exact) mass is 151 g/mol. The molecule has 0 saturated heterocycles. The Balaban J connectivity index is 0.000000461. The lowest BCUT2D eigenvalue weighted by Gasteiger charge is -2.01. The van der Waals surface area contributed by atoms with E-state index in [0.717, 1.165) is 0 Å². The number of hydrogen-bond acceptors (Lipinski definition) is 1. The molecule has 0 aliphatic rings. The van der Waals surface area contributed by atoms with Crippen LogP contribution >= 0.6 is 0 Å². The molecular formula is C10H17N. The van der Waals surface area contributed by atoms with Gasteiger partial charge in [-0.2, -0.15) is 0 Å². The molecule has 0 saturated carbocycles. The fourth-order valence-corrected chi connectivity index (χ4v) is 0.853. The van der Waals surface area contributed by atoms with E-state index in [0.29, 0.717) is 0 Å². The van der Waals surface area contributed by atoms with E-state index in [-0.39, 0.29) is 0 Å². The van der Waals surface area contributed by atoms with Crippen molar-refractivity contribution >= 4 is 5.69 Å². The fourth-order valence-electron chi connectivity index (χ4n) is 0.853. The maximum atomic E-state index is 3.10. The van der Waals surface area contributed by atoms with E-state index >= 15 is 0 Å². The molecule has 1 heteroatoms. The van der Waals surface area contributed by atoms with Gasteiger partial charge in [0.15, 0.2) is 0 Å². The molecule has 0 spiro atoms. The molecule has 0 aliphatic heterocycles. The van der Waals surface area contributed by atoms with Crippen LogP contribution in [0.1, 0.15) is 19.4 Å². The Morgan fingerprint density at radius 3 is 2.00 bits per heavy atom. The van der Waals surface area contributed by atoms with Crippen LogP contribution in [-0.4, -0.2) is 7.05 Å². The van der Waals surface area contributed by atoms with E-state index in [9.17, 15) is 0 Å². The van der Waals surface area contributed by atoms with Crippen molar-refractivity contribution in [3.63, 3.8) is 0 Å². The van der Waals surface area contributed by atoms with Crippen molar-refractivity contribution in [2.45, 2.75) is 20.8 Å². The van der Waals surface area contributed by atoms with Crippen LogP contribution in [0.2, 0.25) is 0 Å². The summed E-state index contributed by atoms with van der Waals surface area (Å²) in [5.41, 5.74) is 2.50. The number of hydrogen-bond donors (Lipinski definition) is 1. The van der Waals surface area contributed by atoms with Crippen LogP contribution in [0.4, 0.5) is 5.69 Å². The van der Waals surface area contributed by atoms with Crippen LogP contribution in [0, 0.1) is 6.92 Å². The Morgan fingerprint density at radius 2 is 1.64 bits per heavy atom. The van der Waals surface area contributed by atoms with E-state index in [1.165, 1.54) is 11.3 Å². The number of para-hydroxylation sites is 1. The lowest BCUT2D eigenvalue weighted by Crippen LogP contribution is -1.89. The SMILES string of the molecule is CC.CNc1ccccc1C. The lowest BCUT2D eigenvalue weighted by molar-refractivity contribution is 1.41. The summed E-state index contributed by atoms with van der Waals surface area (Å²) in [6.45, 7) is 6.09. The molecule has 0 atom stereocenters. The average Bonchev–Trinajstić information content (AvgIpc) is 2.09. The highest BCUT2D eigenvalue weighted by Gasteiger charge is 1.88. The van der Waals surface area contributed by atoms with Gasteiger partial charge in [-0.3, -0.25) is 0 Å². The van der Waals surface area contributed by atoms with Gasteiger partial charge in [-0.1, -0.05) is 32.0 Å². The Morgan fingerprint density at radius 1 is 1.09 bits per heavy atom. The van der Waals surface area contributed by atoms with Gasteiger partial charge in [0.25, 0.3) is 0 Å². The second-order valence-corrected chi connectivity index (χ2v) is 2.06. The molecule has 0 fully saturated rings. The highest BCUT2D eigenvalue weighted by Crippen LogP contribution is 2.10. The van der Waals surface area contributed by atoms with Crippen LogP contribution in [-0.2, 0) is 0 Å². The molecule has 1 nitrogen and oxygen atoms in total. The second kappa shape index (κ2) is 5.78. The first kappa shape index (κ1) is 10.0. The number of rotatable bonds is 1. The number of aryl methyl sites for hydroxylation is 1. The molecule has 0 radical (unpaired) electrons. The molecule has 1 aromatic rings. The van der Waals surface area contributed by atoms with Crippen molar-refractivity contribution in [1.82, 2.24) is 0 Å². The summed E-state index contributed by atoms with van der Waals surface area (Å²) >= 11 is 0. The minimum atomic E-state index is 1.21. The maximum absolute atomic E-state index is 3.10. The van der Waals surface area contributed by atoms with Gasteiger partial charge in [0.1, 0.15) is 0 Å². The van der Waals surface area contributed by atoms with Gasteiger partial charge in [-0.15, -0.1) is 0 Å². The zero-order valence-electron chi connectivity index (χ0n) is 7.81. The zero-order chi connectivity index (χ0) is 8.69. The van der Waals surface area contributed by atoms with Gasteiger partial charge < -0.3 is 5.32 Å². The third-order valence-corrected chi connectivity index (χ3v) is 1.41. The first-order chi connectivity index (χ1) is 5.34. The Hall–Kier alpha value is -0.980. The first-order valence-electron chi connectivity index (χ1n) is 4.08. The molecule has 0 heterocycles. The van der Waals surface area contributed by atoms with Crippen molar-refractivity contribution < 1.29 is 0 Å². The molecule has 0 unspecified atom stereocenters. The molecule has 0 aromatic heterocycles. The predicted octanol–water partition coefficient (Wildman–Crippen LogP) is 3.06. The molecule has 0 bridgehead atoms. The first-order valence-corrected chi connectivity index (χ1v) is 4.08. The van der Waals surface area contributed by atoms with Crippen LogP contribution in [0.3, 0.4) is 0 Å². The molecule has 11 heavy (non-hydrogen) atoms. The minimum absolute atomic E-state index is 1.21. The fraction of sp³-hybridized carbons (Fsp3) is 0.400. The van der Waals surface area contributed by atoms with Crippen LogP contribution < -0.4 is 5.32 Å². The van der Waals surface area contributed by atoms with Gasteiger partial charge >= 0.3 is 0 Å². The van der Waals surface area contributed by atoms with Crippen molar-refractivity contribution in [1.29, 1.82) is 0 Å². The van der Waals surface area contributed by atoms with Crippen LogP contribution in [0.25, 0.3) is 0 Å². The van der Waals surface area contributed by atoms with E-state index in [1.54, 1.807) is 0 Å². The van der Waals surface area contributed by atoms with Gasteiger partial charge in [0.05, 0.1) is 0 Å². The number of anilines is 1. The Labute approximate surface area is 69.4 Å². The highest BCUT2D eigenvalue weighted by atomic mass is 14.8. The number of benzene rings is 1. The van der Waals surface area contributed by atoms with Crippen LogP contribution in [0.5, 0.6) is 0 Å². The van der Waals surface area contributed by atoms with Gasteiger partial charge in [0.2, 0.25) is 0 Å². The zero-order valence-corrected chi connectivity index (χ0v) is 7.81. The molecule has 62 valence electrons. The lowest BCUT2D eigenvalue weighted by atomic mass is 10.2. The summed E-state index contributed by atoms with van der Waals surface area (Å²) in [5.74, 6) is 0. The molecule has 1 N–H and O–H groups in total. The Bertz CT molecular complexity index is 194. The molecule has 0 aliphatic carbocycles. The van der Waals surface area contributed by atoms with E-state index in [4.69, 9.17) is 0 Å². The second-order valence-electron chi connectivity index (χ2n) is 2.06. The summed E-state index contributed by atoms with van der Waals surface area (Å²) in [6.07, 6.45) is 0. The topological polar surface area (TPSA) is 12.0 Å². The highest BCUT2D eigenvalue weighted by molar-refractivity contribution is 5.49. The largest absolute Gasteiger partial charge is 0.388 e. The van der Waals surface area contributed by atoms with Crippen molar-refractivity contribution in [3.05, 3.63) is 29.8 Å². The van der Waals surface area contributed by atoms with Crippen molar-refractivity contribution in [3.8, 4) is 0 Å². The van der Waals surface area contributed by atoms with Gasteiger partial charge in [0, 0.05) is 12.7 Å².